The Labute approximate surface area is 119 Å². The van der Waals surface area contributed by atoms with Crippen LogP contribution in [0.15, 0.2) is 33.6 Å². The van der Waals surface area contributed by atoms with Crippen molar-refractivity contribution in [3.05, 3.63) is 29.8 Å². The van der Waals surface area contributed by atoms with Crippen molar-refractivity contribution in [2.45, 2.75) is 25.7 Å². The molecule has 108 valence electrons. The predicted octanol–water partition coefficient (Wildman–Crippen LogP) is 1.68. The Hall–Kier alpha value is -1.69. The minimum atomic E-state index is -3.66. The van der Waals surface area contributed by atoms with Gasteiger partial charge < -0.3 is 4.90 Å². The number of carbonyl (C=O) groups is 1. The fourth-order valence-corrected chi connectivity index (χ4v) is 3.68. The first-order valence-corrected chi connectivity index (χ1v) is 8.09. The first kappa shape index (κ1) is 14.7. The highest BCUT2D eigenvalue weighted by Crippen LogP contribution is 2.29. The van der Waals surface area contributed by atoms with Gasteiger partial charge in [0.05, 0.1) is 16.5 Å². The van der Waals surface area contributed by atoms with E-state index in [1.165, 1.54) is 6.07 Å². The third-order valence-corrected chi connectivity index (χ3v) is 4.86. The first-order valence-electron chi connectivity index (χ1n) is 6.65. The van der Waals surface area contributed by atoms with Crippen molar-refractivity contribution in [1.82, 2.24) is 4.90 Å². The standard InChI is InChI=1S/C14H18N2O3S/c1-4-16(5-2)14(17)10(3)13-11-8-6-7-9-12(11)20(18,19)15-13/h6-10H,4-5H2,1-3H3. The molecule has 0 radical (unpaired) electrons. The zero-order valence-electron chi connectivity index (χ0n) is 11.8. The Morgan fingerprint density at radius 3 is 2.45 bits per heavy atom. The van der Waals surface area contributed by atoms with Gasteiger partial charge in [-0.3, -0.25) is 4.79 Å². The lowest BCUT2D eigenvalue weighted by molar-refractivity contribution is -0.132. The van der Waals surface area contributed by atoms with Gasteiger partial charge in [0, 0.05) is 18.7 Å². The summed E-state index contributed by atoms with van der Waals surface area (Å²) in [5, 5.41) is 0. The molecule has 1 aliphatic rings. The maximum atomic E-state index is 12.4. The molecule has 1 amide bonds. The Morgan fingerprint density at radius 2 is 1.85 bits per heavy atom. The van der Waals surface area contributed by atoms with Crippen LogP contribution in [0, 0.1) is 5.92 Å². The number of hydrogen-bond acceptors (Lipinski definition) is 3. The molecule has 1 aliphatic heterocycles. The second kappa shape index (κ2) is 5.36. The van der Waals surface area contributed by atoms with Crippen molar-refractivity contribution in [2.75, 3.05) is 13.1 Å². The molecular weight excluding hydrogens is 276 g/mol. The van der Waals surface area contributed by atoms with Gasteiger partial charge in [0.2, 0.25) is 5.91 Å². The molecule has 0 bridgehead atoms. The third-order valence-electron chi connectivity index (χ3n) is 3.52. The Balaban J connectivity index is 2.42. The van der Waals surface area contributed by atoms with Gasteiger partial charge in [-0.2, -0.15) is 12.8 Å². The van der Waals surface area contributed by atoms with E-state index < -0.39 is 15.9 Å². The molecule has 5 nitrogen and oxygen atoms in total. The largest absolute Gasteiger partial charge is 0.343 e. The highest BCUT2D eigenvalue weighted by molar-refractivity contribution is 7.90. The van der Waals surface area contributed by atoms with Gasteiger partial charge in [0.25, 0.3) is 10.0 Å². The van der Waals surface area contributed by atoms with E-state index in [4.69, 9.17) is 0 Å². The van der Waals surface area contributed by atoms with Crippen LogP contribution in [-0.2, 0) is 14.8 Å². The molecule has 0 saturated heterocycles. The number of hydrogen-bond donors (Lipinski definition) is 0. The van der Waals surface area contributed by atoms with Gasteiger partial charge in [-0.05, 0) is 26.8 Å². The topological polar surface area (TPSA) is 66.8 Å². The number of rotatable bonds is 4. The lowest BCUT2D eigenvalue weighted by atomic mass is 9.97. The van der Waals surface area contributed by atoms with Gasteiger partial charge in [0.1, 0.15) is 0 Å². The molecule has 2 rings (SSSR count). The molecule has 6 heteroatoms. The van der Waals surface area contributed by atoms with Crippen LogP contribution < -0.4 is 0 Å². The predicted molar refractivity (Wildman–Crippen MR) is 77.3 cm³/mol. The van der Waals surface area contributed by atoms with Crippen LogP contribution in [0.2, 0.25) is 0 Å². The van der Waals surface area contributed by atoms with Crippen molar-refractivity contribution in [2.24, 2.45) is 10.3 Å². The van der Waals surface area contributed by atoms with Crippen molar-refractivity contribution in [3.8, 4) is 0 Å². The maximum Gasteiger partial charge on any atom is 0.283 e. The van der Waals surface area contributed by atoms with Gasteiger partial charge in [-0.25, -0.2) is 0 Å². The van der Waals surface area contributed by atoms with Crippen LogP contribution in [0.3, 0.4) is 0 Å². The molecule has 0 saturated carbocycles. The lowest BCUT2D eigenvalue weighted by Crippen LogP contribution is -2.38. The molecule has 0 fully saturated rings. The minimum Gasteiger partial charge on any atom is -0.343 e. The summed E-state index contributed by atoms with van der Waals surface area (Å²) in [5.74, 6) is -0.658. The van der Waals surface area contributed by atoms with E-state index in [9.17, 15) is 13.2 Å². The van der Waals surface area contributed by atoms with E-state index in [0.29, 0.717) is 24.4 Å². The Morgan fingerprint density at radius 1 is 1.25 bits per heavy atom. The van der Waals surface area contributed by atoms with Crippen molar-refractivity contribution < 1.29 is 13.2 Å². The van der Waals surface area contributed by atoms with E-state index in [2.05, 4.69) is 4.40 Å². The number of carbonyl (C=O) groups excluding carboxylic acids is 1. The van der Waals surface area contributed by atoms with Crippen LogP contribution in [0.1, 0.15) is 26.3 Å². The molecule has 0 aromatic heterocycles. The Bertz CT molecular complexity index is 661. The highest BCUT2D eigenvalue weighted by Gasteiger charge is 2.34. The van der Waals surface area contributed by atoms with Crippen LogP contribution in [0.25, 0.3) is 0 Å². The second-order valence-electron chi connectivity index (χ2n) is 4.68. The average Bonchev–Trinajstić information content (AvgIpc) is 2.72. The molecule has 0 N–H and O–H groups in total. The molecule has 1 heterocycles. The molecule has 1 aromatic rings. The van der Waals surface area contributed by atoms with Crippen molar-refractivity contribution >= 4 is 21.6 Å². The number of benzene rings is 1. The Kier molecular flexibility index (Phi) is 3.94. The zero-order chi connectivity index (χ0) is 14.9. The number of sulfonamides is 1. The number of nitrogens with zero attached hydrogens (tertiary/aromatic N) is 2. The van der Waals surface area contributed by atoms with Crippen molar-refractivity contribution in [3.63, 3.8) is 0 Å². The third kappa shape index (κ3) is 2.35. The van der Waals surface area contributed by atoms with Crippen LogP contribution in [0.4, 0.5) is 0 Å². The smallest absolute Gasteiger partial charge is 0.283 e. The first-order chi connectivity index (χ1) is 9.42. The molecule has 1 unspecified atom stereocenters. The molecular formula is C14H18N2O3S. The minimum absolute atomic E-state index is 0.0966. The summed E-state index contributed by atoms with van der Waals surface area (Å²) >= 11 is 0. The van der Waals surface area contributed by atoms with E-state index >= 15 is 0 Å². The number of amides is 1. The summed E-state index contributed by atoms with van der Waals surface area (Å²) in [4.78, 5) is 14.2. The summed E-state index contributed by atoms with van der Waals surface area (Å²) in [6.45, 7) is 6.70. The highest BCUT2D eigenvalue weighted by atomic mass is 32.2. The SMILES string of the molecule is CCN(CC)C(=O)C(C)C1=NS(=O)(=O)c2ccccc21. The lowest BCUT2D eigenvalue weighted by Gasteiger charge is -2.22. The van der Waals surface area contributed by atoms with Gasteiger partial charge >= 0.3 is 0 Å². The van der Waals surface area contributed by atoms with Crippen LogP contribution in [0.5, 0.6) is 0 Å². The fourth-order valence-electron chi connectivity index (χ4n) is 2.37. The van der Waals surface area contributed by atoms with E-state index in [1.807, 2.05) is 13.8 Å². The molecule has 0 aliphatic carbocycles. The maximum absolute atomic E-state index is 12.4. The monoisotopic (exact) mass is 294 g/mol. The van der Waals surface area contributed by atoms with E-state index in [-0.39, 0.29) is 10.8 Å². The summed E-state index contributed by atoms with van der Waals surface area (Å²) < 4.78 is 27.8. The van der Waals surface area contributed by atoms with Crippen molar-refractivity contribution in [1.29, 1.82) is 0 Å². The fraction of sp³-hybridized carbons (Fsp3) is 0.429. The summed E-state index contributed by atoms with van der Waals surface area (Å²) in [7, 11) is -3.66. The summed E-state index contributed by atoms with van der Waals surface area (Å²) in [5.41, 5.74) is 0.887. The van der Waals surface area contributed by atoms with E-state index in [0.717, 1.165) is 0 Å². The molecule has 1 aromatic carbocycles. The van der Waals surface area contributed by atoms with E-state index in [1.54, 1.807) is 30.0 Å². The van der Waals surface area contributed by atoms with Gasteiger partial charge in [0.15, 0.2) is 0 Å². The quantitative estimate of drug-likeness (QED) is 0.848. The summed E-state index contributed by atoms with van der Waals surface area (Å²) in [6, 6.07) is 6.63. The average molecular weight is 294 g/mol. The molecule has 0 spiro atoms. The number of fused-ring (bicyclic) bond motifs is 1. The summed E-state index contributed by atoms with van der Waals surface area (Å²) in [6.07, 6.45) is 0. The molecule has 20 heavy (non-hydrogen) atoms. The second-order valence-corrected chi connectivity index (χ2v) is 6.25. The van der Waals surface area contributed by atoms with Crippen LogP contribution >= 0.6 is 0 Å². The zero-order valence-corrected chi connectivity index (χ0v) is 12.6. The molecule has 1 atom stereocenters. The van der Waals surface area contributed by atoms with Gasteiger partial charge in [-0.15, -0.1) is 0 Å². The van der Waals surface area contributed by atoms with Gasteiger partial charge in [-0.1, -0.05) is 18.2 Å². The normalized spacial score (nSPS) is 17.2. The van der Waals surface area contributed by atoms with Crippen LogP contribution in [-0.4, -0.2) is 38.0 Å².